The van der Waals surface area contributed by atoms with Gasteiger partial charge in [-0.05, 0) is 47.4 Å². The Morgan fingerprint density at radius 3 is 2.26 bits per heavy atom. The number of hydrogen-bond donors (Lipinski definition) is 1. The molecule has 3 heterocycles. The number of hydrazine groups is 1. The van der Waals surface area contributed by atoms with Crippen molar-refractivity contribution >= 4 is 49.6 Å². The van der Waals surface area contributed by atoms with E-state index >= 15 is 0 Å². The molecule has 0 saturated carbocycles. The molecule has 0 bridgehead atoms. The summed E-state index contributed by atoms with van der Waals surface area (Å²) in [7, 11) is 0. The van der Waals surface area contributed by atoms with E-state index in [9.17, 15) is 4.79 Å². The monoisotopic (exact) mass is 490 g/mol. The van der Waals surface area contributed by atoms with Gasteiger partial charge in [0, 0.05) is 21.7 Å². The molecule has 0 fully saturated rings. The highest BCUT2D eigenvalue weighted by molar-refractivity contribution is 6.18. The molecular weight excluding hydrogens is 468 g/mol. The molecular formula is C33H22N4O. The van der Waals surface area contributed by atoms with Gasteiger partial charge in [0.2, 0.25) is 0 Å². The predicted molar refractivity (Wildman–Crippen MR) is 154 cm³/mol. The minimum absolute atomic E-state index is 0.0167. The zero-order valence-corrected chi connectivity index (χ0v) is 20.4. The summed E-state index contributed by atoms with van der Waals surface area (Å²) in [5, 5.41) is 5.82. The first-order valence-corrected chi connectivity index (χ1v) is 12.7. The molecule has 2 aromatic heterocycles. The lowest BCUT2D eigenvalue weighted by molar-refractivity contribution is 0.674. The van der Waals surface area contributed by atoms with E-state index in [1.165, 1.54) is 5.56 Å². The standard InChI is InChI=1S/C33H22N4O/c38-33-26-19-18-23(24-14-9-15-25(31(24)26)32-34-27-16-7-8-17-29(27)36(32)33)30-20-28(21-10-3-1-4-11-21)35-37(30)22-12-5-2-6-13-22/h1-20,28,35H/t28-/m1/s1. The fraction of sp³-hybridized carbons (Fsp3) is 0.0303. The summed E-state index contributed by atoms with van der Waals surface area (Å²) in [4.78, 5) is 18.7. The van der Waals surface area contributed by atoms with Crippen molar-refractivity contribution in [2.24, 2.45) is 0 Å². The van der Waals surface area contributed by atoms with Crippen LogP contribution in [-0.2, 0) is 0 Å². The van der Waals surface area contributed by atoms with Gasteiger partial charge in [0.05, 0.1) is 28.5 Å². The fourth-order valence-corrected chi connectivity index (χ4v) is 5.84. The normalized spacial score (nSPS) is 15.7. The van der Waals surface area contributed by atoms with Gasteiger partial charge in [0.25, 0.3) is 5.56 Å². The van der Waals surface area contributed by atoms with Crippen LogP contribution in [-0.4, -0.2) is 9.38 Å². The van der Waals surface area contributed by atoms with E-state index < -0.39 is 0 Å². The third kappa shape index (κ3) is 2.97. The van der Waals surface area contributed by atoms with Crippen molar-refractivity contribution in [2.45, 2.75) is 6.04 Å². The second-order valence-corrected chi connectivity index (χ2v) is 9.69. The molecule has 0 unspecified atom stereocenters. The number of nitrogens with zero attached hydrogens (tertiary/aromatic N) is 3. The van der Waals surface area contributed by atoms with Crippen LogP contribution < -0.4 is 16.0 Å². The van der Waals surface area contributed by atoms with Gasteiger partial charge in [-0.3, -0.25) is 14.2 Å². The first-order valence-electron chi connectivity index (χ1n) is 12.7. The maximum absolute atomic E-state index is 13.8. The lowest BCUT2D eigenvalue weighted by Crippen LogP contribution is -2.33. The largest absolute Gasteiger partial charge is 0.276 e. The molecule has 38 heavy (non-hydrogen) atoms. The summed E-state index contributed by atoms with van der Waals surface area (Å²) in [6.07, 6.45) is 2.27. The summed E-state index contributed by atoms with van der Waals surface area (Å²) in [6, 6.07) is 38.9. The lowest BCUT2D eigenvalue weighted by Gasteiger charge is -2.25. The summed E-state index contributed by atoms with van der Waals surface area (Å²) in [6.45, 7) is 0. The Bertz CT molecular complexity index is 2080. The Morgan fingerprint density at radius 1 is 0.684 bits per heavy atom. The Morgan fingerprint density at radius 2 is 1.42 bits per heavy atom. The highest BCUT2D eigenvalue weighted by Crippen LogP contribution is 2.39. The molecule has 0 spiro atoms. The number of fused-ring (bicyclic) bond motifs is 4. The number of para-hydroxylation sites is 3. The maximum Gasteiger partial charge on any atom is 0.264 e. The van der Waals surface area contributed by atoms with Gasteiger partial charge < -0.3 is 0 Å². The quantitative estimate of drug-likeness (QED) is 0.300. The number of rotatable bonds is 3. The van der Waals surface area contributed by atoms with Gasteiger partial charge in [-0.15, -0.1) is 0 Å². The second kappa shape index (κ2) is 8.00. The molecule has 0 saturated heterocycles. The van der Waals surface area contributed by atoms with E-state index in [2.05, 4.69) is 77.2 Å². The number of anilines is 1. The van der Waals surface area contributed by atoms with Crippen LogP contribution >= 0.6 is 0 Å². The van der Waals surface area contributed by atoms with Crippen LogP contribution in [0, 0.1) is 0 Å². The van der Waals surface area contributed by atoms with Gasteiger partial charge in [-0.25, -0.2) is 10.4 Å². The average Bonchev–Trinajstić information content (AvgIpc) is 3.59. The number of nitrogens with one attached hydrogen (secondary N) is 1. The van der Waals surface area contributed by atoms with Gasteiger partial charge in [0.15, 0.2) is 0 Å². The van der Waals surface area contributed by atoms with Crippen LogP contribution in [0.25, 0.3) is 43.9 Å². The van der Waals surface area contributed by atoms with Crippen molar-refractivity contribution in [3.8, 4) is 0 Å². The number of hydrogen-bond acceptors (Lipinski definition) is 4. The first-order chi connectivity index (χ1) is 18.8. The molecule has 8 rings (SSSR count). The van der Waals surface area contributed by atoms with Gasteiger partial charge in [-0.1, -0.05) is 84.9 Å². The minimum atomic E-state index is -0.0374. The highest BCUT2D eigenvalue weighted by atomic mass is 16.1. The van der Waals surface area contributed by atoms with E-state index in [0.29, 0.717) is 11.0 Å². The summed E-state index contributed by atoms with van der Waals surface area (Å²) in [5.41, 5.74) is 10.4. The van der Waals surface area contributed by atoms with Crippen LogP contribution in [0.2, 0.25) is 0 Å². The minimum Gasteiger partial charge on any atom is -0.276 e. The van der Waals surface area contributed by atoms with E-state index in [1.54, 1.807) is 4.40 Å². The van der Waals surface area contributed by atoms with Crippen molar-refractivity contribution in [3.63, 3.8) is 0 Å². The van der Waals surface area contributed by atoms with Crippen LogP contribution in [0.5, 0.6) is 0 Å². The molecule has 1 aliphatic heterocycles. The maximum atomic E-state index is 13.8. The zero-order chi connectivity index (χ0) is 25.2. The summed E-state index contributed by atoms with van der Waals surface area (Å²) < 4.78 is 1.75. The summed E-state index contributed by atoms with van der Waals surface area (Å²) in [5.74, 6) is 0. The average molecular weight is 491 g/mol. The Balaban J connectivity index is 1.42. The third-order valence-electron chi connectivity index (χ3n) is 7.56. The molecule has 5 aromatic carbocycles. The predicted octanol–water partition coefficient (Wildman–Crippen LogP) is 6.70. The molecule has 1 atom stereocenters. The lowest BCUT2D eigenvalue weighted by atomic mass is 9.95. The summed E-state index contributed by atoms with van der Waals surface area (Å²) >= 11 is 0. The molecule has 0 aliphatic carbocycles. The van der Waals surface area contributed by atoms with Crippen molar-refractivity contribution in [2.75, 3.05) is 5.01 Å². The topological polar surface area (TPSA) is 49.6 Å². The highest BCUT2D eigenvalue weighted by Gasteiger charge is 2.28. The van der Waals surface area contributed by atoms with Gasteiger partial charge in [0.1, 0.15) is 5.65 Å². The van der Waals surface area contributed by atoms with Crippen molar-refractivity contribution in [1.82, 2.24) is 14.8 Å². The Labute approximate surface area is 218 Å². The van der Waals surface area contributed by atoms with E-state index in [1.807, 2.05) is 54.6 Å². The zero-order valence-electron chi connectivity index (χ0n) is 20.4. The van der Waals surface area contributed by atoms with Crippen molar-refractivity contribution in [1.29, 1.82) is 0 Å². The molecule has 0 amide bonds. The fourth-order valence-electron chi connectivity index (χ4n) is 5.84. The molecule has 1 aliphatic rings. The molecule has 180 valence electrons. The number of pyridine rings is 1. The molecule has 1 N–H and O–H groups in total. The molecule has 5 heteroatoms. The van der Waals surface area contributed by atoms with Crippen LogP contribution in [0.4, 0.5) is 5.69 Å². The Hall–Kier alpha value is -5.00. The number of benzene rings is 5. The molecule has 0 radical (unpaired) electrons. The smallest absolute Gasteiger partial charge is 0.264 e. The molecule has 5 nitrogen and oxygen atoms in total. The number of aromatic nitrogens is 2. The van der Waals surface area contributed by atoms with Crippen molar-refractivity contribution in [3.05, 3.63) is 143 Å². The number of imidazole rings is 1. The third-order valence-corrected chi connectivity index (χ3v) is 7.56. The van der Waals surface area contributed by atoms with Gasteiger partial charge in [-0.2, -0.15) is 0 Å². The SMILES string of the molecule is O=c1c2ccc(C3=C[C@H](c4ccccc4)NN3c3ccccc3)c3cccc(c32)c2nc3ccccc3n12. The Kier molecular flexibility index (Phi) is 4.45. The van der Waals surface area contributed by atoms with Crippen molar-refractivity contribution < 1.29 is 0 Å². The van der Waals surface area contributed by atoms with Crippen LogP contribution in [0.1, 0.15) is 17.2 Å². The first kappa shape index (κ1) is 21.1. The second-order valence-electron chi connectivity index (χ2n) is 9.69. The van der Waals surface area contributed by atoms with Crippen LogP contribution in [0.3, 0.4) is 0 Å². The van der Waals surface area contributed by atoms with E-state index in [4.69, 9.17) is 4.98 Å². The van der Waals surface area contributed by atoms with E-state index in [0.717, 1.165) is 44.1 Å². The molecule has 7 aromatic rings. The van der Waals surface area contributed by atoms with Crippen LogP contribution in [0.15, 0.2) is 126 Å². The van der Waals surface area contributed by atoms with E-state index in [-0.39, 0.29) is 11.6 Å². The van der Waals surface area contributed by atoms with Gasteiger partial charge >= 0.3 is 0 Å².